The second-order valence-electron chi connectivity index (χ2n) is 10.5. The van der Waals surface area contributed by atoms with Crippen molar-refractivity contribution in [2.24, 2.45) is 0 Å². The van der Waals surface area contributed by atoms with Crippen molar-refractivity contribution >= 4 is 33.9 Å². The van der Waals surface area contributed by atoms with Crippen LogP contribution < -0.4 is 20.7 Å². The Kier molecular flexibility index (Phi) is 6.77. The number of hydrogen-bond donors (Lipinski definition) is 2. The fraction of sp³-hybridized carbons (Fsp3) is 0.300. The number of para-hydroxylation sites is 1. The summed E-state index contributed by atoms with van der Waals surface area (Å²) in [4.78, 5) is 18.3. The van der Waals surface area contributed by atoms with Gasteiger partial charge in [-0.25, -0.2) is 15.0 Å². The van der Waals surface area contributed by atoms with Crippen molar-refractivity contribution in [2.75, 3.05) is 57.3 Å². The number of fused-ring (bicyclic) bond motifs is 1. The van der Waals surface area contributed by atoms with Gasteiger partial charge >= 0.3 is 0 Å². The third-order valence-corrected chi connectivity index (χ3v) is 7.28. The first-order chi connectivity index (χ1) is 19.4. The molecule has 5 aromatic rings. The zero-order valence-corrected chi connectivity index (χ0v) is 23.3. The van der Waals surface area contributed by atoms with Crippen LogP contribution in [-0.4, -0.2) is 65.8 Å². The Morgan fingerprint density at radius 1 is 1.10 bits per heavy atom. The quantitative estimate of drug-likeness (QED) is 0.225. The summed E-state index contributed by atoms with van der Waals surface area (Å²) in [5, 5.41) is 4.47. The second-order valence-corrected chi connectivity index (χ2v) is 10.5. The first-order valence-electron chi connectivity index (χ1n) is 13.4. The molecular formula is C30H34N8O2. The topological polar surface area (TPSA) is 111 Å². The van der Waals surface area contributed by atoms with Crippen molar-refractivity contribution in [1.82, 2.24) is 24.4 Å². The number of ether oxygens (including phenoxy) is 1. The van der Waals surface area contributed by atoms with Gasteiger partial charge in [0.05, 0.1) is 41.6 Å². The van der Waals surface area contributed by atoms with Crippen LogP contribution in [0, 0.1) is 0 Å². The molecule has 0 bridgehead atoms. The van der Waals surface area contributed by atoms with Gasteiger partial charge in [0.25, 0.3) is 0 Å². The normalized spacial score (nSPS) is 13.2. The van der Waals surface area contributed by atoms with Gasteiger partial charge in [0.2, 0.25) is 11.8 Å². The number of likely N-dealkylation sites (N-methyl/N-ethyl adjacent to an activating group) is 2. The molecule has 0 aliphatic heterocycles. The number of anilines is 4. The molecule has 0 unspecified atom stereocenters. The van der Waals surface area contributed by atoms with E-state index in [-0.39, 0.29) is 0 Å². The predicted octanol–water partition coefficient (Wildman–Crippen LogP) is 5.42. The molecule has 10 nitrogen and oxygen atoms in total. The number of aromatic nitrogens is 4. The zero-order valence-electron chi connectivity index (χ0n) is 23.3. The van der Waals surface area contributed by atoms with E-state index >= 15 is 0 Å². The lowest BCUT2D eigenvalue weighted by Gasteiger charge is -2.24. The average Bonchev–Trinajstić information content (AvgIpc) is 3.50. The summed E-state index contributed by atoms with van der Waals surface area (Å²) in [7, 11) is 7.77. The smallest absolute Gasteiger partial charge is 0.229 e. The Bertz CT molecular complexity index is 1640. The molecule has 6 rings (SSSR count). The lowest BCUT2D eigenvalue weighted by atomic mass is 10.1. The number of nitrogen functional groups attached to an aromatic ring is 1. The molecule has 0 atom stereocenters. The van der Waals surface area contributed by atoms with E-state index in [0.29, 0.717) is 35.0 Å². The van der Waals surface area contributed by atoms with E-state index < -0.39 is 0 Å². The minimum Gasteiger partial charge on any atom is -0.494 e. The number of oxazole rings is 1. The van der Waals surface area contributed by atoms with E-state index in [2.05, 4.69) is 74.2 Å². The molecule has 2 aromatic carbocycles. The van der Waals surface area contributed by atoms with E-state index in [1.165, 1.54) is 18.4 Å². The minimum absolute atomic E-state index is 0.417. The summed E-state index contributed by atoms with van der Waals surface area (Å²) in [5.41, 5.74) is 12.4. The van der Waals surface area contributed by atoms with Crippen molar-refractivity contribution in [2.45, 2.75) is 18.9 Å². The van der Waals surface area contributed by atoms with Crippen LogP contribution in [0.4, 0.5) is 23.0 Å². The first kappa shape index (κ1) is 25.7. The summed E-state index contributed by atoms with van der Waals surface area (Å²) in [5.74, 6) is 1.53. The minimum atomic E-state index is 0.417. The highest BCUT2D eigenvalue weighted by atomic mass is 16.5. The molecule has 0 radical (unpaired) electrons. The zero-order chi connectivity index (χ0) is 27.8. The highest BCUT2D eigenvalue weighted by Gasteiger charge is 2.27. The fourth-order valence-corrected chi connectivity index (χ4v) is 4.98. The van der Waals surface area contributed by atoms with Gasteiger partial charge in [0, 0.05) is 61.1 Å². The molecule has 1 aliphatic rings. The molecule has 3 heterocycles. The SMILES string of the molecule is COc1cc(N(C)CCN(C)C)c(N)cc1Nc1ncc(-c2ncco2)c(-c2cn(C3CC3)c3ccccc23)n1. The van der Waals surface area contributed by atoms with Crippen LogP contribution in [-0.2, 0) is 0 Å². The third-order valence-electron chi connectivity index (χ3n) is 7.28. The maximum absolute atomic E-state index is 6.50. The first-order valence-corrected chi connectivity index (χ1v) is 13.4. The lowest BCUT2D eigenvalue weighted by Crippen LogP contribution is -2.29. The van der Waals surface area contributed by atoms with Crippen LogP contribution in [0.3, 0.4) is 0 Å². The Balaban J connectivity index is 1.41. The van der Waals surface area contributed by atoms with Crippen molar-refractivity contribution < 1.29 is 9.15 Å². The monoisotopic (exact) mass is 538 g/mol. The molecule has 40 heavy (non-hydrogen) atoms. The predicted molar refractivity (Wildman–Crippen MR) is 159 cm³/mol. The van der Waals surface area contributed by atoms with Crippen molar-refractivity contribution in [1.29, 1.82) is 0 Å². The summed E-state index contributed by atoms with van der Waals surface area (Å²) in [6.45, 7) is 1.74. The second kappa shape index (κ2) is 10.5. The van der Waals surface area contributed by atoms with Crippen LogP contribution in [0.2, 0.25) is 0 Å². The van der Waals surface area contributed by atoms with Gasteiger partial charge < -0.3 is 34.6 Å². The maximum Gasteiger partial charge on any atom is 0.229 e. The van der Waals surface area contributed by atoms with E-state index in [9.17, 15) is 0 Å². The van der Waals surface area contributed by atoms with Crippen molar-refractivity contribution in [3.63, 3.8) is 0 Å². The van der Waals surface area contributed by atoms with Crippen molar-refractivity contribution in [3.8, 4) is 28.5 Å². The molecule has 1 fully saturated rings. The lowest BCUT2D eigenvalue weighted by molar-refractivity contribution is 0.413. The molecule has 1 aliphatic carbocycles. The van der Waals surface area contributed by atoms with Crippen LogP contribution in [0.15, 0.2) is 65.7 Å². The Morgan fingerprint density at radius 2 is 1.93 bits per heavy atom. The van der Waals surface area contributed by atoms with E-state index in [4.69, 9.17) is 19.9 Å². The van der Waals surface area contributed by atoms with Gasteiger partial charge in [-0.2, -0.15) is 0 Å². The van der Waals surface area contributed by atoms with Gasteiger partial charge in [0.15, 0.2) is 0 Å². The van der Waals surface area contributed by atoms with E-state index in [0.717, 1.165) is 41.0 Å². The Hall–Kier alpha value is -4.57. The molecule has 1 saturated carbocycles. The number of nitrogens with one attached hydrogen (secondary N) is 1. The molecule has 0 amide bonds. The largest absolute Gasteiger partial charge is 0.494 e. The summed E-state index contributed by atoms with van der Waals surface area (Å²) >= 11 is 0. The van der Waals surface area contributed by atoms with Gasteiger partial charge in [-0.3, -0.25) is 0 Å². The van der Waals surface area contributed by atoms with E-state index in [1.807, 2.05) is 19.2 Å². The standard InChI is InChI=1S/C30H34N8O2/c1-36(2)12-13-37(3)26-16-27(39-4)24(15-23(26)31)34-30-33-17-21(29-32-11-14-40-29)28(35-30)22-18-38(19-9-10-19)25-8-6-5-7-20(22)25/h5-8,11,14-19H,9-10,12-13,31H2,1-4H3,(H,33,34,35). The van der Waals surface area contributed by atoms with Gasteiger partial charge in [0.1, 0.15) is 12.0 Å². The number of nitrogens with zero attached hydrogens (tertiary/aromatic N) is 6. The summed E-state index contributed by atoms with van der Waals surface area (Å²) < 4.78 is 13.8. The van der Waals surface area contributed by atoms with Gasteiger partial charge in [-0.1, -0.05) is 18.2 Å². The highest BCUT2D eigenvalue weighted by molar-refractivity contribution is 5.98. The summed E-state index contributed by atoms with van der Waals surface area (Å²) in [6.07, 6.45) is 9.50. The molecule has 3 aromatic heterocycles. The van der Waals surface area contributed by atoms with Crippen LogP contribution in [0.5, 0.6) is 5.75 Å². The Labute approximate surface area is 233 Å². The molecule has 0 saturated heterocycles. The van der Waals surface area contributed by atoms with Crippen LogP contribution >= 0.6 is 0 Å². The number of benzene rings is 2. The highest BCUT2D eigenvalue weighted by Crippen LogP contribution is 2.43. The van der Waals surface area contributed by atoms with Crippen LogP contribution in [0.1, 0.15) is 18.9 Å². The third kappa shape index (κ3) is 4.93. The average molecular weight is 539 g/mol. The molecule has 10 heteroatoms. The van der Waals surface area contributed by atoms with Gasteiger partial charge in [-0.05, 0) is 39.1 Å². The molecule has 3 N–H and O–H groups in total. The molecular weight excluding hydrogens is 504 g/mol. The van der Waals surface area contributed by atoms with Gasteiger partial charge in [-0.15, -0.1) is 0 Å². The fourth-order valence-electron chi connectivity index (χ4n) is 4.98. The number of rotatable bonds is 10. The van der Waals surface area contributed by atoms with Crippen molar-refractivity contribution in [3.05, 3.63) is 61.3 Å². The summed E-state index contributed by atoms with van der Waals surface area (Å²) in [6, 6.07) is 12.7. The maximum atomic E-state index is 6.50. The van der Waals surface area contributed by atoms with E-state index in [1.54, 1.807) is 25.8 Å². The number of methoxy groups -OCH3 is 1. The van der Waals surface area contributed by atoms with Crippen LogP contribution in [0.25, 0.3) is 33.6 Å². The number of nitrogens with two attached hydrogens (primary N) is 1. The molecule has 0 spiro atoms. The Morgan fingerprint density at radius 3 is 2.65 bits per heavy atom. The molecule has 206 valence electrons. The number of hydrogen-bond acceptors (Lipinski definition) is 9.